The molecule has 0 aromatic heterocycles. The van der Waals surface area contributed by atoms with Gasteiger partial charge >= 0.3 is 6.61 Å². The van der Waals surface area contributed by atoms with Gasteiger partial charge in [0.25, 0.3) is 0 Å². The van der Waals surface area contributed by atoms with E-state index in [2.05, 4.69) is 15.4 Å². The lowest BCUT2D eigenvalue weighted by molar-refractivity contribution is -0.121. The van der Waals surface area contributed by atoms with E-state index in [0.717, 1.165) is 6.42 Å². The number of ether oxygens (including phenoxy) is 2. The summed E-state index contributed by atoms with van der Waals surface area (Å²) in [5, 5.41) is 5.75. The van der Waals surface area contributed by atoms with E-state index in [4.69, 9.17) is 4.74 Å². The zero-order valence-electron chi connectivity index (χ0n) is 12.1. The molecule has 0 aliphatic rings. The average Bonchev–Trinajstić information content (AvgIpc) is 2.45. The first-order chi connectivity index (χ1) is 10.0. The summed E-state index contributed by atoms with van der Waals surface area (Å²) >= 11 is 0. The number of hydrogen-bond donors (Lipinski definition) is 2. The normalized spacial score (nSPS) is 12.0. The van der Waals surface area contributed by atoms with Crippen LogP contribution in [0.4, 0.5) is 14.5 Å². The largest absolute Gasteiger partial charge is 0.435 e. The molecule has 1 aromatic carbocycles. The number of methoxy groups -OCH3 is 1. The van der Waals surface area contributed by atoms with Crippen molar-refractivity contribution in [1.29, 1.82) is 0 Å². The van der Waals surface area contributed by atoms with E-state index in [1.165, 1.54) is 12.1 Å². The number of amides is 1. The van der Waals surface area contributed by atoms with E-state index < -0.39 is 12.7 Å². The molecule has 118 valence electrons. The van der Waals surface area contributed by atoms with Crippen LogP contribution in [0.2, 0.25) is 0 Å². The molecule has 1 rings (SSSR count). The molecule has 1 unspecified atom stereocenters. The molecular weight excluding hydrogens is 282 g/mol. The van der Waals surface area contributed by atoms with Gasteiger partial charge in [-0.05, 0) is 37.6 Å². The third-order valence-electron chi connectivity index (χ3n) is 2.68. The van der Waals surface area contributed by atoms with Gasteiger partial charge in [-0.1, -0.05) is 0 Å². The van der Waals surface area contributed by atoms with Gasteiger partial charge in [0.05, 0.1) is 0 Å². The highest BCUT2D eigenvalue weighted by atomic mass is 19.3. The van der Waals surface area contributed by atoms with Crippen molar-refractivity contribution >= 4 is 11.6 Å². The SMILES string of the molecule is COCCCNC(=O)C(C)Nc1ccc(OC(F)F)cc1. The highest BCUT2D eigenvalue weighted by Crippen LogP contribution is 2.18. The van der Waals surface area contributed by atoms with Gasteiger partial charge in [0, 0.05) is 25.9 Å². The average molecular weight is 302 g/mol. The third kappa shape index (κ3) is 6.89. The van der Waals surface area contributed by atoms with Crippen LogP contribution in [0.1, 0.15) is 13.3 Å². The van der Waals surface area contributed by atoms with Crippen LogP contribution in [0.15, 0.2) is 24.3 Å². The van der Waals surface area contributed by atoms with Crippen LogP contribution in [0.5, 0.6) is 5.75 Å². The second-order valence-electron chi connectivity index (χ2n) is 4.41. The molecule has 5 nitrogen and oxygen atoms in total. The van der Waals surface area contributed by atoms with Crippen LogP contribution in [0.3, 0.4) is 0 Å². The van der Waals surface area contributed by atoms with Crippen molar-refractivity contribution in [3.8, 4) is 5.75 Å². The zero-order valence-corrected chi connectivity index (χ0v) is 12.1. The van der Waals surface area contributed by atoms with Crippen LogP contribution in [0.25, 0.3) is 0 Å². The summed E-state index contributed by atoms with van der Waals surface area (Å²) in [6.07, 6.45) is 0.745. The molecule has 0 saturated carbocycles. The minimum Gasteiger partial charge on any atom is -0.435 e. The third-order valence-corrected chi connectivity index (χ3v) is 2.68. The molecule has 0 bridgehead atoms. The molecule has 0 saturated heterocycles. The Balaban J connectivity index is 2.39. The van der Waals surface area contributed by atoms with Crippen molar-refractivity contribution in [2.45, 2.75) is 26.0 Å². The molecule has 2 N–H and O–H groups in total. The predicted molar refractivity (Wildman–Crippen MR) is 75.7 cm³/mol. The number of hydrogen-bond acceptors (Lipinski definition) is 4. The number of carbonyl (C=O) groups excluding carboxylic acids is 1. The molecular formula is C14H20F2N2O3. The van der Waals surface area contributed by atoms with Gasteiger partial charge in [-0.3, -0.25) is 4.79 Å². The Hall–Kier alpha value is -1.89. The Morgan fingerprint density at radius 2 is 1.95 bits per heavy atom. The Labute approximate surface area is 122 Å². The lowest BCUT2D eigenvalue weighted by atomic mass is 10.2. The van der Waals surface area contributed by atoms with Gasteiger partial charge in [-0.15, -0.1) is 0 Å². The maximum absolute atomic E-state index is 12.0. The van der Waals surface area contributed by atoms with E-state index in [0.29, 0.717) is 18.8 Å². The Bertz CT molecular complexity index is 427. The molecule has 1 amide bonds. The van der Waals surface area contributed by atoms with E-state index in [1.54, 1.807) is 26.2 Å². The first kappa shape index (κ1) is 17.2. The molecule has 0 spiro atoms. The fraction of sp³-hybridized carbons (Fsp3) is 0.500. The zero-order chi connectivity index (χ0) is 15.7. The van der Waals surface area contributed by atoms with Gasteiger partial charge in [0.15, 0.2) is 0 Å². The van der Waals surface area contributed by atoms with Gasteiger partial charge in [0.2, 0.25) is 5.91 Å². The van der Waals surface area contributed by atoms with Crippen molar-refractivity contribution in [2.75, 3.05) is 25.6 Å². The lowest BCUT2D eigenvalue weighted by Crippen LogP contribution is -2.38. The summed E-state index contributed by atoms with van der Waals surface area (Å²) in [7, 11) is 1.60. The first-order valence-corrected chi connectivity index (χ1v) is 6.61. The Morgan fingerprint density at radius 3 is 2.52 bits per heavy atom. The Kier molecular flexibility index (Phi) is 7.45. The van der Waals surface area contributed by atoms with E-state index in [1.807, 2.05) is 0 Å². The summed E-state index contributed by atoms with van der Waals surface area (Å²) in [6, 6.07) is 5.54. The molecule has 0 radical (unpaired) electrons. The van der Waals surface area contributed by atoms with Crippen molar-refractivity contribution in [3.63, 3.8) is 0 Å². The standard InChI is InChI=1S/C14H20F2N2O3/c1-10(13(19)17-8-3-9-20-2)18-11-4-6-12(7-5-11)21-14(15)16/h4-7,10,14,18H,3,8-9H2,1-2H3,(H,17,19). The molecule has 1 aromatic rings. The number of anilines is 1. The summed E-state index contributed by atoms with van der Waals surface area (Å²) in [4.78, 5) is 11.8. The van der Waals surface area contributed by atoms with E-state index >= 15 is 0 Å². The first-order valence-electron chi connectivity index (χ1n) is 6.61. The molecule has 21 heavy (non-hydrogen) atoms. The van der Waals surface area contributed by atoms with Crippen molar-refractivity contribution < 1.29 is 23.0 Å². The van der Waals surface area contributed by atoms with Crippen LogP contribution in [-0.2, 0) is 9.53 Å². The highest BCUT2D eigenvalue weighted by Gasteiger charge is 2.12. The van der Waals surface area contributed by atoms with Gasteiger partial charge in [0.1, 0.15) is 11.8 Å². The van der Waals surface area contributed by atoms with Crippen molar-refractivity contribution in [1.82, 2.24) is 5.32 Å². The molecule has 0 aliphatic carbocycles. The van der Waals surface area contributed by atoms with Crippen LogP contribution >= 0.6 is 0 Å². The number of benzene rings is 1. The number of rotatable bonds is 9. The summed E-state index contributed by atoms with van der Waals surface area (Å²) in [6.45, 7) is 0.00331. The predicted octanol–water partition coefficient (Wildman–Crippen LogP) is 2.24. The van der Waals surface area contributed by atoms with E-state index in [9.17, 15) is 13.6 Å². The number of alkyl halides is 2. The topological polar surface area (TPSA) is 59.6 Å². The fourth-order valence-corrected chi connectivity index (χ4v) is 1.63. The monoisotopic (exact) mass is 302 g/mol. The number of nitrogens with one attached hydrogen (secondary N) is 2. The lowest BCUT2D eigenvalue weighted by Gasteiger charge is -2.15. The van der Waals surface area contributed by atoms with Crippen molar-refractivity contribution in [2.24, 2.45) is 0 Å². The second kappa shape index (κ2) is 9.12. The minimum atomic E-state index is -2.85. The second-order valence-corrected chi connectivity index (χ2v) is 4.41. The highest BCUT2D eigenvalue weighted by molar-refractivity contribution is 5.84. The van der Waals surface area contributed by atoms with Gasteiger partial charge in [-0.25, -0.2) is 0 Å². The molecule has 0 aliphatic heterocycles. The van der Waals surface area contributed by atoms with E-state index in [-0.39, 0.29) is 11.7 Å². The molecule has 1 atom stereocenters. The summed E-state index contributed by atoms with van der Waals surface area (Å²) in [5.41, 5.74) is 0.649. The fourth-order valence-electron chi connectivity index (χ4n) is 1.63. The number of carbonyl (C=O) groups is 1. The minimum absolute atomic E-state index is 0.0761. The molecule has 0 heterocycles. The number of halogens is 2. The van der Waals surface area contributed by atoms with Crippen LogP contribution < -0.4 is 15.4 Å². The maximum Gasteiger partial charge on any atom is 0.387 e. The van der Waals surface area contributed by atoms with Crippen molar-refractivity contribution in [3.05, 3.63) is 24.3 Å². The van der Waals surface area contributed by atoms with Crippen LogP contribution in [-0.4, -0.2) is 38.8 Å². The van der Waals surface area contributed by atoms with Gasteiger partial charge in [-0.2, -0.15) is 8.78 Å². The summed E-state index contributed by atoms with van der Waals surface area (Å²) < 4.78 is 33.2. The smallest absolute Gasteiger partial charge is 0.387 e. The van der Waals surface area contributed by atoms with Crippen LogP contribution in [0, 0.1) is 0 Å². The quantitative estimate of drug-likeness (QED) is 0.687. The van der Waals surface area contributed by atoms with Gasteiger partial charge < -0.3 is 20.1 Å². The molecule has 7 heteroatoms. The molecule has 0 fully saturated rings. The summed E-state index contributed by atoms with van der Waals surface area (Å²) in [5.74, 6) is -0.0637. The Morgan fingerprint density at radius 1 is 1.29 bits per heavy atom. The maximum atomic E-state index is 12.0.